The van der Waals surface area contributed by atoms with Gasteiger partial charge in [0.15, 0.2) is 14.6 Å². The molecule has 0 heterocycles. The molecule has 2 atom stereocenters. The third kappa shape index (κ3) is 2.72. The summed E-state index contributed by atoms with van der Waals surface area (Å²) in [5.74, 6) is -2.05. The quantitative estimate of drug-likeness (QED) is 0.553. The minimum atomic E-state index is -3.80. The van der Waals surface area contributed by atoms with Crippen LogP contribution in [0.25, 0.3) is 0 Å². The fraction of sp³-hybridized carbons (Fsp3) is 0.692. The van der Waals surface area contributed by atoms with Crippen molar-refractivity contribution >= 4 is 21.8 Å². The van der Waals surface area contributed by atoms with E-state index in [4.69, 9.17) is 9.47 Å². The molecular weight excluding hydrogens is 284 g/mol. The molecule has 0 spiro atoms. The van der Waals surface area contributed by atoms with Crippen molar-refractivity contribution in [3.05, 3.63) is 12.2 Å². The van der Waals surface area contributed by atoms with E-state index in [-0.39, 0.29) is 31.6 Å². The molecule has 0 amide bonds. The number of carbonyl (C=O) groups excluding carboxylic acids is 2. The molecule has 0 unspecified atom stereocenters. The summed E-state index contributed by atoms with van der Waals surface area (Å²) >= 11 is 0. The maximum Gasteiger partial charge on any atom is 0.331 e. The minimum Gasteiger partial charge on any atom is -0.466 e. The predicted octanol–water partition coefficient (Wildman–Crippen LogP) is 0.862. The average Bonchev–Trinajstić information content (AvgIpc) is 2.68. The number of ether oxygens (including phenoxy) is 2. The predicted molar refractivity (Wildman–Crippen MR) is 72.7 cm³/mol. The van der Waals surface area contributed by atoms with Gasteiger partial charge in [0.25, 0.3) is 0 Å². The van der Waals surface area contributed by atoms with Gasteiger partial charge in [-0.15, -0.1) is 0 Å². The van der Waals surface area contributed by atoms with Crippen LogP contribution in [0.4, 0.5) is 0 Å². The molecular formula is C13H20O6S. The molecule has 0 aliphatic heterocycles. The van der Waals surface area contributed by atoms with E-state index in [1.807, 2.05) is 0 Å². The fourth-order valence-corrected chi connectivity index (χ4v) is 3.97. The molecule has 0 aromatic rings. The van der Waals surface area contributed by atoms with Crippen molar-refractivity contribution in [1.82, 2.24) is 0 Å². The minimum absolute atomic E-state index is 0.0630. The molecule has 114 valence electrons. The van der Waals surface area contributed by atoms with Gasteiger partial charge in [0.05, 0.1) is 19.1 Å². The summed E-state index contributed by atoms with van der Waals surface area (Å²) in [6.45, 7) is 7.20. The molecule has 0 aromatic heterocycles. The SMILES string of the molecule is C=C1C[C@@H](C(=O)OCC)C[C@@]1(C(=O)OCC)S(C)(=O)=O. The number of sulfone groups is 1. The van der Waals surface area contributed by atoms with E-state index in [0.29, 0.717) is 0 Å². The van der Waals surface area contributed by atoms with Crippen molar-refractivity contribution in [2.45, 2.75) is 31.4 Å². The lowest BCUT2D eigenvalue weighted by Gasteiger charge is -2.26. The van der Waals surface area contributed by atoms with Crippen molar-refractivity contribution in [3.8, 4) is 0 Å². The Morgan fingerprint density at radius 1 is 1.30 bits per heavy atom. The van der Waals surface area contributed by atoms with Crippen LogP contribution >= 0.6 is 0 Å². The lowest BCUT2D eigenvalue weighted by atomic mass is 10.0. The summed E-state index contributed by atoms with van der Waals surface area (Å²) in [6, 6.07) is 0. The first-order valence-corrected chi connectivity index (χ1v) is 8.31. The second kappa shape index (κ2) is 5.95. The molecule has 1 rings (SSSR count). The smallest absolute Gasteiger partial charge is 0.331 e. The molecule has 0 aromatic carbocycles. The number of carbonyl (C=O) groups is 2. The van der Waals surface area contributed by atoms with Gasteiger partial charge < -0.3 is 9.47 Å². The van der Waals surface area contributed by atoms with Gasteiger partial charge in [-0.25, -0.2) is 13.2 Å². The molecule has 0 saturated heterocycles. The molecule has 0 N–H and O–H groups in total. The van der Waals surface area contributed by atoms with Crippen molar-refractivity contribution in [2.24, 2.45) is 5.92 Å². The zero-order chi connectivity index (χ0) is 15.6. The van der Waals surface area contributed by atoms with Crippen LogP contribution in [-0.2, 0) is 28.9 Å². The Bertz CT molecular complexity index is 521. The third-order valence-corrected chi connectivity index (χ3v) is 5.34. The van der Waals surface area contributed by atoms with Gasteiger partial charge >= 0.3 is 11.9 Å². The lowest BCUT2D eigenvalue weighted by molar-refractivity contribution is -0.148. The summed E-state index contributed by atoms with van der Waals surface area (Å²) in [5.41, 5.74) is 0.191. The Morgan fingerprint density at radius 2 is 1.85 bits per heavy atom. The number of hydrogen-bond donors (Lipinski definition) is 0. The van der Waals surface area contributed by atoms with Gasteiger partial charge in [-0.3, -0.25) is 4.79 Å². The fourth-order valence-electron chi connectivity index (χ4n) is 2.49. The Balaban J connectivity index is 3.18. The second-order valence-corrected chi connectivity index (χ2v) is 7.02. The van der Waals surface area contributed by atoms with Crippen LogP contribution in [0.3, 0.4) is 0 Å². The first-order chi connectivity index (χ1) is 9.20. The van der Waals surface area contributed by atoms with E-state index >= 15 is 0 Å². The molecule has 1 aliphatic rings. The summed E-state index contributed by atoms with van der Waals surface area (Å²) in [4.78, 5) is 23.9. The highest BCUT2D eigenvalue weighted by atomic mass is 32.2. The Labute approximate surface area is 119 Å². The average molecular weight is 304 g/mol. The second-order valence-electron chi connectivity index (χ2n) is 4.78. The van der Waals surface area contributed by atoms with E-state index in [1.54, 1.807) is 13.8 Å². The number of hydrogen-bond acceptors (Lipinski definition) is 6. The van der Waals surface area contributed by atoms with Crippen molar-refractivity contribution in [1.29, 1.82) is 0 Å². The Hall–Kier alpha value is -1.37. The van der Waals surface area contributed by atoms with Gasteiger partial charge in [-0.2, -0.15) is 0 Å². The maximum absolute atomic E-state index is 12.1. The summed E-state index contributed by atoms with van der Waals surface area (Å²) in [5, 5.41) is 0. The molecule has 1 fully saturated rings. The summed E-state index contributed by atoms with van der Waals surface area (Å²) in [6.07, 6.45) is 0.912. The first kappa shape index (κ1) is 16.7. The van der Waals surface area contributed by atoms with Gasteiger partial charge in [0.2, 0.25) is 0 Å². The van der Waals surface area contributed by atoms with Gasteiger partial charge in [-0.05, 0) is 32.3 Å². The normalized spacial score (nSPS) is 26.4. The number of esters is 2. The van der Waals surface area contributed by atoms with E-state index in [9.17, 15) is 18.0 Å². The van der Waals surface area contributed by atoms with Crippen LogP contribution in [0.2, 0.25) is 0 Å². The molecule has 0 bridgehead atoms. The molecule has 1 aliphatic carbocycles. The topological polar surface area (TPSA) is 86.7 Å². The standard InChI is InChI=1S/C13H20O6S/c1-5-18-11(14)10-7-9(3)13(8-10,20(4,16)17)12(15)19-6-2/h10H,3,5-8H2,1-2,4H3/t10-,13-/m1/s1. The largest absolute Gasteiger partial charge is 0.466 e. The van der Waals surface area contributed by atoms with Crippen LogP contribution in [0.15, 0.2) is 12.2 Å². The van der Waals surface area contributed by atoms with E-state index in [0.717, 1.165) is 6.26 Å². The molecule has 0 radical (unpaired) electrons. The lowest BCUT2D eigenvalue weighted by Crippen LogP contribution is -2.46. The van der Waals surface area contributed by atoms with Gasteiger partial charge in [0.1, 0.15) is 0 Å². The van der Waals surface area contributed by atoms with Crippen LogP contribution in [0.1, 0.15) is 26.7 Å². The highest BCUT2D eigenvalue weighted by molar-refractivity contribution is 7.93. The highest BCUT2D eigenvalue weighted by Gasteiger charge is 2.58. The van der Waals surface area contributed by atoms with Crippen LogP contribution < -0.4 is 0 Å². The van der Waals surface area contributed by atoms with Crippen molar-refractivity contribution in [3.63, 3.8) is 0 Å². The monoisotopic (exact) mass is 304 g/mol. The first-order valence-electron chi connectivity index (χ1n) is 6.42. The summed E-state index contributed by atoms with van der Waals surface area (Å²) in [7, 11) is -3.80. The van der Waals surface area contributed by atoms with Gasteiger partial charge in [0, 0.05) is 6.26 Å². The van der Waals surface area contributed by atoms with Crippen LogP contribution in [-0.4, -0.2) is 44.6 Å². The van der Waals surface area contributed by atoms with Gasteiger partial charge in [-0.1, -0.05) is 6.58 Å². The van der Waals surface area contributed by atoms with Crippen molar-refractivity contribution in [2.75, 3.05) is 19.5 Å². The summed E-state index contributed by atoms with van der Waals surface area (Å²) < 4.78 is 32.1. The molecule has 7 heteroatoms. The zero-order valence-electron chi connectivity index (χ0n) is 12.0. The number of rotatable bonds is 5. The van der Waals surface area contributed by atoms with E-state index in [1.165, 1.54) is 0 Å². The Kier molecular flexibility index (Phi) is 4.96. The van der Waals surface area contributed by atoms with E-state index < -0.39 is 32.4 Å². The maximum atomic E-state index is 12.1. The Morgan fingerprint density at radius 3 is 2.30 bits per heavy atom. The molecule has 20 heavy (non-hydrogen) atoms. The van der Waals surface area contributed by atoms with Crippen LogP contribution in [0, 0.1) is 5.92 Å². The van der Waals surface area contributed by atoms with E-state index in [2.05, 4.69) is 6.58 Å². The highest BCUT2D eigenvalue weighted by Crippen LogP contribution is 2.45. The molecule has 1 saturated carbocycles. The van der Waals surface area contributed by atoms with Crippen molar-refractivity contribution < 1.29 is 27.5 Å². The van der Waals surface area contributed by atoms with Crippen LogP contribution in [0.5, 0.6) is 0 Å². The third-order valence-electron chi connectivity index (χ3n) is 3.46. The molecule has 6 nitrogen and oxygen atoms in total. The zero-order valence-corrected chi connectivity index (χ0v) is 12.8.